The van der Waals surface area contributed by atoms with Crippen molar-refractivity contribution in [3.63, 3.8) is 0 Å². The lowest BCUT2D eigenvalue weighted by molar-refractivity contribution is -0.137. The number of nitrogens with zero attached hydrogens (tertiary/aromatic N) is 1. The zero-order chi connectivity index (χ0) is 17.7. The molecule has 0 heterocycles. The Bertz CT molecular complexity index is 776. The van der Waals surface area contributed by atoms with Crippen molar-refractivity contribution in [1.29, 1.82) is 0 Å². The minimum absolute atomic E-state index is 0.227. The summed E-state index contributed by atoms with van der Waals surface area (Å²) in [6.45, 7) is 0. The number of amides is 1. The Hall–Kier alpha value is -2.10. The van der Waals surface area contributed by atoms with E-state index >= 15 is 0 Å². The van der Waals surface area contributed by atoms with E-state index in [-0.39, 0.29) is 5.56 Å². The summed E-state index contributed by atoms with van der Waals surface area (Å²) in [6.07, 6.45) is -3.28. The van der Waals surface area contributed by atoms with Gasteiger partial charge >= 0.3 is 6.18 Å². The zero-order valence-corrected chi connectivity index (χ0v) is 14.6. The van der Waals surface area contributed by atoms with Crippen molar-refractivity contribution in [3.05, 3.63) is 62.7 Å². The molecule has 1 N–H and O–H groups in total. The zero-order valence-electron chi connectivity index (χ0n) is 12.4. The van der Waals surface area contributed by atoms with Gasteiger partial charge in [-0.25, -0.2) is 5.43 Å². The van der Waals surface area contributed by atoms with Gasteiger partial charge in [0.2, 0.25) is 0 Å². The number of halogens is 4. The number of rotatable bonds is 4. The normalized spacial score (nSPS) is 11.5. The highest BCUT2D eigenvalue weighted by Gasteiger charge is 2.30. The first kappa shape index (κ1) is 18.2. The Labute approximate surface area is 149 Å². The maximum atomic E-state index is 12.6. The predicted molar refractivity (Wildman–Crippen MR) is 92.2 cm³/mol. The highest BCUT2D eigenvalue weighted by atomic mass is 127. The maximum absolute atomic E-state index is 12.6. The van der Waals surface area contributed by atoms with E-state index in [1.807, 2.05) is 0 Å². The number of carbonyl (C=O) groups excluding carboxylic acids is 1. The molecule has 2 aromatic rings. The number of benzene rings is 2. The standard InChI is InChI=1S/C16H12F3IN2O2/c1-24-14-8-11(5-6-13(14)20)15(23)22-21-9-10-3-2-4-12(7-10)16(17,18)19/h2-9H,1H3,(H,22,23)/b21-9-. The average molecular weight is 448 g/mol. The molecule has 0 unspecified atom stereocenters. The van der Waals surface area contributed by atoms with E-state index in [0.29, 0.717) is 11.3 Å². The summed E-state index contributed by atoms with van der Waals surface area (Å²) in [6, 6.07) is 9.51. The van der Waals surface area contributed by atoms with Crippen LogP contribution in [0.15, 0.2) is 47.6 Å². The van der Waals surface area contributed by atoms with Crippen molar-refractivity contribution in [1.82, 2.24) is 5.43 Å². The Morgan fingerprint density at radius 2 is 2.00 bits per heavy atom. The third-order valence-corrected chi connectivity index (χ3v) is 3.90. The van der Waals surface area contributed by atoms with E-state index in [2.05, 4.69) is 33.1 Å². The third-order valence-electron chi connectivity index (χ3n) is 3.01. The Morgan fingerprint density at radius 1 is 1.25 bits per heavy atom. The number of nitrogens with one attached hydrogen (secondary N) is 1. The molecule has 0 bridgehead atoms. The number of ether oxygens (including phenoxy) is 1. The van der Waals surface area contributed by atoms with Crippen molar-refractivity contribution in [2.75, 3.05) is 7.11 Å². The maximum Gasteiger partial charge on any atom is 0.416 e. The van der Waals surface area contributed by atoms with Crippen LogP contribution in [0, 0.1) is 3.57 Å². The topological polar surface area (TPSA) is 50.7 Å². The van der Waals surface area contributed by atoms with Gasteiger partial charge in [0.1, 0.15) is 5.75 Å². The number of hydrogen-bond acceptors (Lipinski definition) is 3. The van der Waals surface area contributed by atoms with Gasteiger partial charge < -0.3 is 4.74 Å². The Balaban J connectivity index is 2.08. The van der Waals surface area contributed by atoms with Crippen molar-refractivity contribution in [3.8, 4) is 5.75 Å². The van der Waals surface area contributed by atoms with Crippen LogP contribution in [0.3, 0.4) is 0 Å². The van der Waals surface area contributed by atoms with Gasteiger partial charge in [0.05, 0.1) is 22.5 Å². The van der Waals surface area contributed by atoms with E-state index in [4.69, 9.17) is 4.74 Å². The highest BCUT2D eigenvalue weighted by Crippen LogP contribution is 2.29. The van der Waals surface area contributed by atoms with Gasteiger partial charge in [-0.05, 0) is 58.5 Å². The molecule has 0 saturated carbocycles. The number of hydrogen-bond donors (Lipinski definition) is 1. The summed E-state index contributed by atoms with van der Waals surface area (Å²) >= 11 is 2.07. The molecular formula is C16H12F3IN2O2. The second kappa shape index (κ2) is 7.65. The molecule has 0 radical (unpaired) electrons. The molecule has 0 saturated heterocycles. The van der Waals surface area contributed by atoms with Crippen molar-refractivity contribution in [2.45, 2.75) is 6.18 Å². The monoisotopic (exact) mass is 448 g/mol. The highest BCUT2D eigenvalue weighted by molar-refractivity contribution is 14.1. The SMILES string of the molecule is COc1cc(C(=O)N/N=C\c2cccc(C(F)(F)F)c2)ccc1I. The molecule has 2 aromatic carbocycles. The molecule has 0 aliphatic rings. The third kappa shape index (κ3) is 4.70. The van der Waals surface area contributed by atoms with Crippen molar-refractivity contribution >= 4 is 34.7 Å². The summed E-state index contributed by atoms with van der Waals surface area (Å²) in [4.78, 5) is 12.0. The van der Waals surface area contributed by atoms with Gasteiger partial charge in [-0.1, -0.05) is 12.1 Å². The van der Waals surface area contributed by atoms with Gasteiger partial charge in [-0.3, -0.25) is 4.79 Å². The minimum Gasteiger partial charge on any atom is -0.496 e. The molecule has 1 amide bonds. The van der Waals surface area contributed by atoms with Gasteiger partial charge in [-0.15, -0.1) is 0 Å². The summed E-state index contributed by atoms with van der Waals surface area (Å²) in [5, 5.41) is 3.68. The van der Waals surface area contributed by atoms with E-state index < -0.39 is 17.6 Å². The van der Waals surface area contributed by atoms with E-state index in [9.17, 15) is 18.0 Å². The lowest BCUT2D eigenvalue weighted by Crippen LogP contribution is -2.17. The molecule has 24 heavy (non-hydrogen) atoms. The second-order valence-electron chi connectivity index (χ2n) is 4.67. The lowest BCUT2D eigenvalue weighted by atomic mass is 10.1. The smallest absolute Gasteiger partial charge is 0.416 e. The first-order valence-corrected chi connectivity index (χ1v) is 7.73. The summed E-state index contributed by atoms with van der Waals surface area (Å²) in [5.41, 5.74) is 2.04. The summed E-state index contributed by atoms with van der Waals surface area (Å²) < 4.78 is 43.8. The van der Waals surface area contributed by atoms with E-state index in [1.165, 1.54) is 19.2 Å². The van der Waals surface area contributed by atoms with Crippen molar-refractivity contribution < 1.29 is 22.7 Å². The Kier molecular flexibility index (Phi) is 5.81. The first-order valence-electron chi connectivity index (χ1n) is 6.65. The Morgan fingerprint density at radius 3 is 2.67 bits per heavy atom. The molecule has 0 spiro atoms. The van der Waals surface area contributed by atoms with Crippen LogP contribution in [0.2, 0.25) is 0 Å². The fraction of sp³-hybridized carbons (Fsp3) is 0.125. The molecule has 126 valence electrons. The molecule has 0 aliphatic carbocycles. The molecule has 8 heteroatoms. The number of methoxy groups -OCH3 is 1. The molecule has 2 rings (SSSR count). The molecule has 0 aliphatic heterocycles. The van der Waals surface area contributed by atoms with Crippen LogP contribution >= 0.6 is 22.6 Å². The fourth-order valence-corrected chi connectivity index (χ4v) is 2.38. The lowest BCUT2D eigenvalue weighted by Gasteiger charge is -2.07. The minimum atomic E-state index is -4.43. The van der Waals surface area contributed by atoms with Gasteiger partial charge in [0, 0.05) is 5.56 Å². The van der Waals surface area contributed by atoms with Crippen molar-refractivity contribution in [2.24, 2.45) is 5.10 Å². The van der Waals surface area contributed by atoms with Crippen LogP contribution in [0.1, 0.15) is 21.5 Å². The second-order valence-corrected chi connectivity index (χ2v) is 5.83. The largest absolute Gasteiger partial charge is 0.496 e. The molecule has 0 fully saturated rings. The number of hydrazone groups is 1. The van der Waals surface area contributed by atoms with Gasteiger partial charge in [-0.2, -0.15) is 18.3 Å². The first-order chi connectivity index (χ1) is 11.3. The van der Waals surface area contributed by atoms with E-state index in [0.717, 1.165) is 21.9 Å². The molecule has 4 nitrogen and oxygen atoms in total. The average Bonchev–Trinajstić information content (AvgIpc) is 2.54. The molecule has 0 atom stereocenters. The van der Waals surface area contributed by atoms with Crippen LogP contribution in [-0.4, -0.2) is 19.2 Å². The van der Waals surface area contributed by atoms with Crippen LogP contribution < -0.4 is 10.2 Å². The quantitative estimate of drug-likeness (QED) is 0.436. The van der Waals surface area contributed by atoms with E-state index in [1.54, 1.807) is 18.2 Å². The van der Waals surface area contributed by atoms with Crippen LogP contribution in [-0.2, 0) is 6.18 Å². The summed E-state index contributed by atoms with van der Waals surface area (Å²) in [5.74, 6) is 0.0537. The number of alkyl halides is 3. The van der Waals surface area contributed by atoms with Crippen LogP contribution in [0.25, 0.3) is 0 Å². The van der Waals surface area contributed by atoms with Crippen LogP contribution in [0.4, 0.5) is 13.2 Å². The van der Waals surface area contributed by atoms with Gasteiger partial charge in [0.25, 0.3) is 5.91 Å². The van der Waals surface area contributed by atoms with Gasteiger partial charge in [0.15, 0.2) is 0 Å². The number of carbonyl (C=O) groups is 1. The predicted octanol–water partition coefficient (Wildman–Crippen LogP) is 4.08. The summed E-state index contributed by atoms with van der Waals surface area (Å²) in [7, 11) is 1.49. The molecule has 0 aromatic heterocycles. The fourth-order valence-electron chi connectivity index (χ4n) is 1.83. The molecular weight excluding hydrogens is 436 g/mol. The van der Waals surface area contributed by atoms with Crippen LogP contribution in [0.5, 0.6) is 5.75 Å².